The van der Waals surface area contributed by atoms with Gasteiger partial charge in [-0.1, -0.05) is 18.2 Å². The number of aryl methyl sites for hydroxylation is 1. The summed E-state index contributed by atoms with van der Waals surface area (Å²) in [7, 11) is 3.63. The molecule has 6 heteroatoms. The highest BCUT2D eigenvalue weighted by Crippen LogP contribution is 2.34. The lowest BCUT2D eigenvalue weighted by Gasteiger charge is -2.11. The Kier molecular flexibility index (Phi) is 4.61. The van der Waals surface area contributed by atoms with Crippen LogP contribution in [0.2, 0.25) is 0 Å². The highest BCUT2D eigenvalue weighted by Gasteiger charge is 2.18. The van der Waals surface area contributed by atoms with Crippen LogP contribution < -0.4 is 10.1 Å². The van der Waals surface area contributed by atoms with Crippen molar-refractivity contribution in [2.45, 2.75) is 6.92 Å². The van der Waals surface area contributed by atoms with Crippen LogP contribution in [0.3, 0.4) is 0 Å². The number of hydrogen-bond acceptors (Lipinski definition) is 5. The molecule has 0 fully saturated rings. The molecule has 0 unspecified atom stereocenters. The number of nitrogens with zero attached hydrogens (tertiary/aromatic N) is 2. The number of anilines is 2. The molecule has 4 aromatic rings. The van der Waals surface area contributed by atoms with Crippen LogP contribution >= 0.6 is 0 Å². The average molecular weight is 375 g/mol. The minimum atomic E-state index is -0.435. The number of carbonyl (C=O) groups is 1. The third-order valence-electron chi connectivity index (χ3n) is 4.72. The van der Waals surface area contributed by atoms with Crippen molar-refractivity contribution >= 4 is 39.3 Å². The van der Waals surface area contributed by atoms with Gasteiger partial charge in [-0.25, -0.2) is 9.78 Å². The number of esters is 1. The standard InChI is InChI=1S/C22H21N3O3/c1-4-28-22(26)18-13-17-16-7-5-6-8-19(16)25(2)20(17)21(24-18)23-14-9-11-15(27-3)12-10-14/h5-13H,4H2,1-3H3,(H,23,24). The molecule has 1 N–H and O–H groups in total. The number of ether oxygens (including phenoxy) is 2. The number of methoxy groups -OCH3 is 1. The lowest BCUT2D eigenvalue weighted by molar-refractivity contribution is 0.0520. The summed E-state index contributed by atoms with van der Waals surface area (Å²) in [6.07, 6.45) is 0. The Bertz CT molecular complexity index is 1160. The van der Waals surface area contributed by atoms with Crippen LogP contribution in [-0.2, 0) is 11.8 Å². The number of hydrogen-bond donors (Lipinski definition) is 1. The molecule has 0 saturated heterocycles. The number of pyridine rings is 1. The molecule has 0 atom stereocenters. The third kappa shape index (κ3) is 3.03. The van der Waals surface area contributed by atoms with Gasteiger partial charge < -0.3 is 19.4 Å². The third-order valence-corrected chi connectivity index (χ3v) is 4.72. The van der Waals surface area contributed by atoms with Crippen molar-refractivity contribution in [3.63, 3.8) is 0 Å². The van der Waals surface area contributed by atoms with Crippen LogP contribution in [0.25, 0.3) is 21.8 Å². The summed E-state index contributed by atoms with van der Waals surface area (Å²) in [4.78, 5) is 17.0. The highest BCUT2D eigenvalue weighted by molar-refractivity contribution is 6.13. The van der Waals surface area contributed by atoms with Gasteiger partial charge in [0.2, 0.25) is 0 Å². The molecule has 28 heavy (non-hydrogen) atoms. The van der Waals surface area contributed by atoms with Gasteiger partial charge in [-0.15, -0.1) is 0 Å². The van der Waals surface area contributed by atoms with Crippen LogP contribution in [0, 0.1) is 0 Å². The molecule has 0 aliphatic heterocycles. The molecule has 2 heterocycles. The SMILES string of the molecule is CCOC(=O)c1cc2c3ccccc3n(C)c2c(Nc2ccc(OC)cc2)n1. The van der Waals surface area contributed by atoms with Crippen LogP contribution in [-0.4, -0.2) is 29.2 Å². The number of nitrogens with one attached hydrogen (secondary N) is 1. The molecule has 2 aromatic heterocycles. The largest absolute Gasteiger partial charge is 0.497 e. The van der Waals surface area contributed by atoms with Crippen molar-refractivity contribution in [1.82, 2.24) is 9.55 Å². The van der Waals surface area contributed by atoms with E-state index in [0.29, 0.717) is 12.4 Å². The lowest BCUT2D eigenvalue weighted by atomic mass is 10.1. The van der Waals surface area contributed by atoms with E-state index in [1.54, 1.807) is 20.1 Å². The van der Waals surface area contributed by atoms with Gasteiger partial charge in [0.05, 0.1) is 19.2 Å². The Hall–Kier alpha value is -3.54. The van der Waals surface area contributed by atoms with E-state index in [1.165, 1.54) is 0 Å². The van der Waals surface area contributed by atoms with Crippen molar-refractivity contribution in [3.8, 4) is 5.75 Å². The van der Waals surface area contributed by atoms with Crippen molar-refractivity contribution in [1.29, 1.82) is 0 Å². The molecule has 2 aromatic carbocycles. The van der Waals surface area contributed by atoms with E-state index in [-0.39, 0.29) is 5.69 Å². The van der Waals surface area contributed by atoms with Gasteiger partial charge in [0, 0.05) is 29.0 Å². The van der Waals surface area contributed by atoms with E-state index < -0.39 is 5.97 Å². The molecule has 0 bridgehead atoms. The quantitative estimate of drug-likeness (QED) is 0.514. The number of rotatable bonds is 5. The molecule has 0 aliphatic carbocycles. The van der Waals surface area contributed by atoms with Crippen LogP contribution in [0.4, 0.5) is 11.5 Å². The van der Waals surface area contributed by atoms with Gasteiger partial charge in [-0.05, 0) is 43.3 Å². The maximum atomic E-state index is 12.4. The van der Waals surface area contributed by atoms with Gasteiger partial charge in [0.15, 0.2) is 11.5 Å². The highest BCUT2D eigenvalue weighted by atomic mass is 16.5. The molecule has 0 spiro atoms. The number of benzene rings is 2. The molecule has 4 rings (SSSR count). The molecule has 0 saturated carbocycles. The second-order valence-corrected chi connectivity index (χ2v) is 6.40. The molecule has 6 nitrogen and oxygen atoms in total. The van der Waals surface area contributed by atoms with Gasteiger partial charge in [0.1, 0.15) is 5.75 Å². The summed E-state index contributed by atoms with van der Waals surface area (Å²) in [6, 6.07) is 17.4. The predicted molar refractivity (Wildman–Crippen MR) is 110 cm³/mol. The molecule has 0 radical (unpaired) electrons. The fraction of sp³-hybridized carbons (Fsp3) is 0.182. The minimum Gasteiger partial charge on any atom is -0.497 e. The van der Waals surface area contributed by atoms with Crippen LogP contribution in [0.1, 0.15) is 17.4 Å². The average Bonchev–Trinajstić information content (AvgIpc) is 3.01. The van der Waals surface area contributed by atoms with Crippen LogP contribution in [0.5, 0.6) is 5.75 Å². The van der Waals surface area contributed by atoms with Crippen molar-refractivity contribution < 1.29 is 14.3 Å². The van der Waals surface area contributed by atoms with E-state index in [4.69, 9.17) is 9.47 Å². The first-order chi connectivity index (χ1) is 13.6. The molecule has 142 valence electrons. The van der Waals surface area contributed by atoms with E-state index in [9.17, 15) is 4.79 Å². The Morgan fingerprint density at radius 1 is 1.11 bits per heavy atom. The zero-order valence-corrected chi connectivity index (χ0v) is 16.0. The summed E-state index contributed by atoms with van der Waals surface area (Å²) in [5.41, 5.74) is 3.12. The van der Waals surface area contributed by atoms with Crippen LogP contribution in [0.15, 0.2) is 54.6 Å². The second-order valence-electron chi connectivity index (χ2n) is 6.40. The fourth-order valence-electron chi connectivity index (χ4n) is 3.41. The predicted octanol–water partition coefficient (Wildman–Crippen LogP) is 4.66. The summed E-state index contributed by atoms with van der Waals surface area (Å²) in [5, 5.41) is 5.35. The summed E-state index contributed by atoms with van der Waals surface area (Å²) >= 11 is 0. The number of fused-ring (bicyclic) bond motifs is 3. The molecular formula is C22H21N3O3. The zero-order valence-electron chi connectivity index (χ0n) is 16.0. The topological polar surface area (TPSA) is 65.4 Å². The molecule has 0 amide bonds. The summed E-state index contributed by atoms with van der Waals surface area (Å²) in [6.45, 7) is 2.08. The van der Waals surface area contributed by atoms with Crippen molar-refractivity contribution in [2.75, 3.05) is 19.0 Å². The summed E-state index contributed by atoms with van der Waals surface area (Å²) < 4.78 is 12.5. The van der Waals surface area contributed by atoms with Gasteiger partial charge >= 0.3 is 5.97 Å². The number of para-hydroxylation sites is 1. The normalized spacial score (nSPS) is 11.0. The van der Waals surface area contributed by atoms with Gasteiger partial charge in [0.25, 0.3) is 0 Å². The Morgan fingerprint density at radius 3 is 2.57 bits per heavy atom. The first kappa shape index (κ1) is 17.9. The van der Waals surface area contributed by atoms with E-state index in [2.05, 4.69) is 20.9 Å². The minimum absolute atomic E-state index is 0.279. The fourth-order valence-corrected chi connectivity index (χ4v) is 3.41. The van der Waals surface area contributed by atoms with Crippen molar-refractivity contribution in [2.24, 2.45) is 7.05 Å². The maximum absolute atomic E-state index is 12.4. The Labute approximate surface area is 162 Å². The Balaban J connectivity index is 1.92. The van der Waals surface area contributed by atoms with E-state index >= 15 is 0 Å². The first-order valence-corrected chi connectivity index (χ1v) is 9.08. The maximum Gasteiger partial charge on any atom is 0.357 e. The van der Waals surface area contributed by atoms with Gasteiger partial charge in [-0.3, -0.25) is 0 Å². The van der Waals surface area contributed by atoms with Crippen molar-refractivity contribution in [3.05, 3.63) is 60.3 Å². The number of aromatic nitrogens is 2. The number of carbonyl (C=O) groups excluding carboxylic acids is 1. The summed E-state index contributed by atoms with van der Waals surface area (Å²) in [5.74, 6) is 0.938. The smallest absolute Gasteiger partial charge is 0.357 e. The van der Waals surface area contributed by atoms with Gasteiger partial charge in [-0.2, -0.15) is 0 Å². The molecule has 0 aliphatic rings. The monoisotopic (exact) mass is 375 g/mol. The molecular weight excluding hydrogens is 354 g/mol. The zero-order chi connectivity index (χ0) is 19.7. The second kappa shape index (κ2) is 7.23. The van der Waals surface area contributed by atoms with E-state index in [0.717, 1.165) is 33.2 Å². The Morgan fingerprint density at radius 2 is 1.86 bits per heavy atom. The van der Waals surface area contributed by atoms with E-state index in [1.807, 2.05) is 49.5 Å². The lowest BCUT2D eigenvalue weighted by Crippen LogP contribution is -2.09. The first-order valence-electron chi connectivity index (χ1n) is 9.08.